The molecule has 21 heavy (non-hydrogen) atoms. The normalized spacial score (nSPS) is 10.5. The number of nitrogens with one attached hydrogen (secondary N) is 1. The average Bonchev–Trinajstić information content (AvgIpc) is 2.47. The lowest BCUT2D eigenvalue weighted by Gasteiger charge is -2.08. The zero-order valence-electron chi connectivity index (χ0n) is 10.7. The quantitative estimate of drug-likeness (QED) is 0.769. The van der Waals surface area contributed by atoms with E-state index < -0.39 is 5.97 Å². The molecule has 2 aromatic heterocycles. The number of carboxylic acids is 1. The molecule has 0 saturated carbocycles. The molecule has 0 atom stereocenters. The lowest BCUT2D eigenvalue weighted by molar-refractivity contribution is 0.0687. The molecule has 0 radical (unpaired) electrons. The Morgan fingerprint density at radius 1 is 1.19 bits per heavy atom. The second kappa shape index (κ2) is 5.09. The fraction of sp³-hybridized carbons (Fsp3) is 0. The molecule has 0 amide bonds. The van der Waals surface area contributed by atoms with Crippen molar-refractivity contribution in [3.63, 3.8) is 0 Å². The van der Waals surface area contributed by atoms with Gasteiger partial charge in [-0.15, -0.1) is 0 Å². The number of pyridine rings is 2. The fourth-order valence-electron chi connectivity index (χ4n) is 1.99. The number of aromatic amines is 1. The van der Waals surface area contributed by atoms with Crippen LogP contribution < -0.4 is 10.3 Å². The van der Waals surface area contributed by atoms with Gasteiger partial charge in [-0.3, -0.25) is 9.78 Å². The molecule has 0 spiro atoms. The van der Waals surface area contributed by atoms with E-state index in [1.165, 1.54) is 12.3 Å². The number of rotatable bonds is 3. The van der Waals surface area contributed by atoms with E-state index in [0.717, 1.165) is 0 Å². The van der Waals surface area contributed by atoms with Crippen LogP contribution in [0.2, 0.25) is 0 Å². The van der Waals surface area contributed by atoms with E-state index in [-0.39, 0.29) is 22.9 Å². The van der Waals surface area contributed by atoms with Gasteiger partial charge in [0.1, 0.15) is 0 Å². The summed E-state index contributed by atoms with van der Waals surface area (Å²) in [5, 5.41) is 10.3. The van der Waals surface area contributed by atoms with Crippen LogP contribution in [0.4, 0.5) is 0 Å². The van der Waals surface area contributed by atoms with E-state index in [9.17, 15) is 9.59 Å². The first kappa shape index (κ1) is 12.9. The summed E-state index contributed by atoms with van der Waals surface area (Å²) >= 11 is 0. The van der Waals surface area contributed by atoms with Gasteiger partial charge in [0.05, 0.1) is 0 Å². The van der Waals surface area contributed by atoms with Crippen molar-refractivity contribution in [2.24, 2.45) is 0 Å². The lowest BCUT2D eigenvalue weighted by atomic mass is 10.2. The van der Waals surface area contributed by atoms with Crippen LogP contribution in [-0.4, -0.2) is 21.0 Å². The van der Waals surface area contributed by atoms with Gasteiger partial charge < -0.3 is 9.84 Å². The molecule has 0 fully saturated rings. The molecule has 0 saturated heterocycles. The summed E-state index contributed by atoms with van der Waals surface area (Å²) in [6.45, 7) is 0. The van der Waals surface area contributed by atoms with E-state index >= 15 is 0 Å². The van der Waals surface area contributed by atoms with E-state index in [4.69, 9.17) is 9.84 Å². The van der Waals surface area contributed by atoms with E-state index in [1.54, 1.807) is 36.4 Å². The molecule has 6 heteroatoms. The molecule has 0 bridgehead atoms. The molecule has 0 aliphatic carbocycles. The molecule has 2 N–H and O–H groups in total. The standard InChI is InChI=1S/C15H10N2O4/c18-14-10-5-2-1-4-9(10)8-12(17-14)21-11-6-3-7-16-13(11)15(19)20/h1-8H,(H,17,18)(H,19,20). The van der Waals surface area contributed by atoms with Crippen molar-refractivity contribution >= 4 is 16.7 Å². The Labute approximate surface area is 118 Å². The Hall–Kier alpha value is -3.15. The number of ether oxygens (including phenoxy) is 1. The van der Waals surface area contributed by atoms with Gasteiger partial charge in [-0.2, -0.15) is 0 Å². The van der Waals surface area contributed by atoms with Crippen LogP contribution in [0.3, 0.4) is 0 Å². The second-order valence-electron chi connectivity index (χ2n) is 4.31. The van der Waals surface area contributed by atoms with Crippen molar-refractivity contribution in [2.45, 2.75) is 0 Å². The van der Waals surface area contributed by atoms with Gasteiger partial charge >= 0.3 is 5.97 Å². The first-order chi connectivity index (χ1) is 10.1. The fourth-order valence-corrected chi connectivity index (χ4v) is 1.99. The van der Waals surface area contributed by atoms with Crippen LogP contribution in [0.1, 0.15) is 10.5 Å². The number of aromatic nitrogens is 2. The number of hydrogen-bond donors (Lipinski definition) is 2. The van der Waals surface area contributed by atoms with Crippen molar-refractivity contribution in [3.05, 3.63) is 64.7 Å². The van der Waals surface area contributed by atoms with Crippen molar-refractivity contribution in [1.29, 1.82) is 0 Å². The molecule has 104 valence electrons. The van der Waals surface area contributed by atoms with Crippen LogP contribution in [-0.2, 0) is 0 Å². The van der Waals surface area contributed by atoms with Gasteiger partial charge in [0, 0.05) is 17.6 Å². The maximum absolute atomic E-state index is 11.9. The summed E-state index contributed by atoms with van der Waals surface area (Å²) in [5.74, 6) is -0.973. The van der Waals surface area contributed by atoms with Crippen LogP contribution in [0.5, 0.6) is 11.6 Å². The van der Waals surface area contributed by atoms with Crippen LogP contribution >= 0.6 is 0 Å². The predicted octanol–water partition coefficient (Wildman–Crippen LogP) is 2.41. The molecular formula is C15H10N2O4. The minimum Gasteiger partial charge on any atom is -0.476 e. The number of carbonyl (C=O) groups is 1. The molecule has 1 aromatic carbocycles. The molecule has 3 aromatic rings. The first-order valence-corrected chi connectivity index (χ1v) is 6.13. The highest BCUT2D eigenvalue weighted by Gasteiger charge is 2.13. The summed E-state index contributed by atoms with van der Waals surface area (Å²) in [6, 6.07) is 11.7. The smallest absolute Gasteiger partial charge is 0.358 e. The van der Waals surface area contributed by atoms with Gasteiger partial charge in [0.25, 0.3) is 5.56 Å². The number of benzene rings is 1. The van der Waals surface area contributed by atoms with Gasteiger partial charge in [-0.25, -0.2) is 9.78 Å². The van der Waals surface area contributed by atoms with Crippen LogP contribution in [0.25, 0.3) is 10.8 Å². The van der Waals surface area contributed by atoms with E-state index in [0.29, 0.717) is 10.8 Å². The average molecular weight is 282 g/mol. The highest BCUT2D eigenvalue weighted by Crippen LogP contribution is 2.23. The largest absolute Gasteiger partial charge is 0.476 e. The number of hydrogen-bond acceptors (Lipinski definition) is 4. The minimum absolute atomic E-state index is 0.0657. The highest BCUT2D eigenvalue weighted by atomic mass is 16.5. The number of aromatic carboxylic acids is 1. The van der Waals surface area contributed by atoms with Crippen molar-refractivity contribution in [1.82, 2.24) is 9.97 Å². The van der Waals surface area contributed by atoms with Crippen LogP contribution in [0.15, 0.2) is 53.5 Å². The van der Waals surface area contributed by atoms with Crippen molar-refractivity contribution in [2.75, 3.05) is 0 Å². The number of fused-ring (bicyclic) bond motifs is 1. The highest BCUT2D eigenvalue weighted by molar-refractivity contribution is 5.88. The maximum atomic E-state index is 11.9. The molecule has 0 aliphatic heterocycles. The Balaban J connectivity index is 2.07. The van der Waals surface area contributed by atoms with E-state index in [1.807, 2.05) is 0 Å². The number of H-pyrrole nitrogens is 1. The van der Waals surface area contributed by atoms with E-state index in [2.05, 4.69) is 9.97 Å². The monoisotopic (exact) mass is 282 g/mol. The molecule has 0 aliphatic rings. The summed E-state index contributed by atoms with van der Waals surface area (Å²) in [4.78, 5) is 29.3. The maximum Gasteiger partial charge on any atom is 0.358 e. The first-order valence-electron chi connectivity index (χ1n) is 6.13. The third-order valence-corrected chi connectivity index (χ3v) is 2.92. The number of nitrogens with zero attached hydrogens (tertiary/aromatic N) is 1. The SMILES string of the molecule is O=C(O)c1ncccc1Oc1cc2ccccc2c(=O)[nH]1. The molecule has 3 rings (SSSR count). The Morgan fingerprint density at radius 3 is 2.81 bits per heavy atom. The predicted molar refractivity (Wildman–Crippen MR) is 75.8 cm³/mol. The van der Waals surface area contributed by atoms with Gasteiger partial charge in [0.15, 0.2) is 11.4 Å². The van der Waals surface area contributed by atoms with Gasteiger partial charge in [-0.1, -0.05) is 18.2 Å². The molecule has 6 nitrogen and oxygen atoms in total. The topological polar surface area (TPSA) is 92.3 Å². The van der Waals surface area contributed by atoms with Gasteiger partial charge in [0.2, 0.25) is 5.88 Å². The third-order valence-electron chi connectivity index (χ3n) is 2.92. The number of carboxylic acid groups (broad SMARTS) is 1. The van der Waals surface area contributed by atoms with Crippen molar-refractivity contribution < 1.29 is 14.6 Å². The van der Waals surface area contributed by atoms with Crippen LogP contribution in [0, 0.1) is 0 Å². The Morgan fingerprint density at radius 2 is 2.00 bits per heavy atom. The zero-order valence-corrected chi connectivity index (χ0v) is 10.7. The zero-order chi connectivity index (χ0) is 14.8. The lowest BCUT2D eigenvalue weighted by Crippen LogP contribution is -2.08. The Kier molecular flexibility index (Phi) is 3.12. The minimum atomic E-state index is -1.20. The molecular weight excluding hydrogens is 272 g/mol. The molecule has 2 heterocycles. The Bertz CT molecular complexity index is 886. The van der Waals surface area contributed by atoms with Gasteiger partial charge in [-0.05, 0) is 23.6 Å². The second-order valence-corrected chi connectivity index (χ2v) is 4.31. The summed E-state index contributed by atoms with van der Waals surface area (Å²) in [6.07, 6.45) is 1.36. The molecule has 0 unspecified atom stereocenters. The summed E-state index contributed by atoms with van der Waals surface area (Å²) < 4.78 is 5.46. The van der Waals surface area contributed by atoms with Crippen molar-refractivity contribution in [3.8, 4) is 11.6 Å². The summed E-state index contributed by atoms with van der Waals surface area (Å²) in [5.41, 5.74) is -0.518. The summed E-state index contributed by atoms with van der Waals surface area (Å²) in [7, 11) is 0. The third kappa shape index (κ3) is 2.46.